The number of halogens is 2. The lowest BCUT2D eigenvalue weighted by molar-refractivity contribution is -0.122. The van der Waals surface area contributed by atoms with E-state index in [1.165, 1.54) is 50.2 Å². The van der Waals surface area contributed by atoms with Crippen LogP contribution >= 0.6 is 31.9 Å². The summed E-state index contributed by atoms with van der Waals surface area (Å²) < 4.78 is 7.63. The number of nitrogens with one attached hydrogen (secondary N) is 1. The SMILES string of the molecule is O=C1NC(=O)N(c2ccc(C34CC5CC(CC(C5)C3)C4)cc2)C(=O)/C1=C/c1ccc(OCc2ccc(Br)cc2)c(Br)c1. The second-order valence-electron chi connectivity index (χ2n) is 12.3. The van der Waals surface area contributed by atoms with Crippen LogP contribution in [0.3, 0.4) is 0 Å². The molecule has 3 aromatic rings. The molecule has 214 valence electrons. The van der Waals surface area contributed by atoms with Gasteiger partial charge in [0.05, 0.1) is 10.2 Å². The van der Waals surface area contributed by atoms with E-state index in [4.69, 9.17) is 4.74 Å². The van der Waals surface area contributed by atoms with Crippen molar-refractivity contribution in [1.29, 1.82) is 0 Å². The number of hydrogen-bond donors (Lipinski definition) is 1. The lowest BCUT2D eigenvalue weighted by atomic mass is 9.48. The predicted molar refractivity (Wildman–Crippen MR) is 168 cm³/mol. The third kappa shape index (κ3) is 5.13. The maximum atomic E-state index is 13.5. The molecule has 6 nitrogen and oxygen atoms in total. The van der Waals surface area contributed by atoms with Crippen LogP contribution in [0.2, 0.25) is 0 Å². The number of amides is 4. The van der Waals surface area contributed by atoms with Gasteiger partial charge in [0.25, 0.3) is 11.8 Å². The van der Waals surface area contributed by atoms with Gasteiger partial charge in [-0.3, -0.25) is 14.9 Å². The molecule has 3 aromatic carbocycles. The monoisotopic (exact) mass is 688 g/mol. The number of ether oxygens (including phenoxy) is 1. The van der Waals surface area contributed by atoms with E-state index in [1.807, 2.05) is 36.4 Å². The minimum Gasteiger partial charge on any atom is -0.488 e. The second kappa shape index (κ2) is 10.8. The van der Waals surface area contributed by atoms with Crippen molar-refractivity contribution in [2.45, 2.75) is 50.5 Å². The Morgan fingerprint density at radius 2 is 1.50 bits per heavy atom. The Morgan fingerprint density at radius 3 is 2.12 bits per heavy atom. The van der Waals surface area contributed by atoms with Crippen LogP contribution in [0.4, 0.5) is 10.5 Å². The highest BCUT2D eigenvalue weighted by Crippen LogP contribution is 2.60. The molecule has 5 aliphatic rings. The van der Waals surface area contributed by atoms with Crippen LogP contribution in [0.15, 0.2) is 81.2 Å². The van der Waals surface area contributed by atoms with E-state index in [0.717, 1.165) is 32.7 Å². The molecule has 8 heteroatoms. The van der Waals surface area contributed by atoms with Crippen molar-refractivity contribution < 1.29 is 19.1 Å². The zero-order valence-electron chi connectivity index (χ0n) is 22.9. The van der Waals surface area contributed by atoms with Crippen LogP contribution in [0, 0.1) is 17.8 Å². The molecule has 4 amide bonds. The first-order chi connectivity index (χ1) is 20.3. The predicted octanol–water partition coefficient (Wildman–Crippen LogP) is 7.92. The molecule has 4 aliphatic carbocycles. The Morgan fingerprint density at radius 1 is 0.857 bits per heavy atom. The van der Waals surface area contributed by atoms with Gasteiger partial charge in [0.15, 0.2) is 0 Å². The highest BCUT2D eigenvalue weighted by molar-refractivity contribution is 9.10. The molecule has 42 heavy (non-hydrogen) atoms. The fourth-order valence-corrected chi connectivity index (χ4v) is 8.73. The summed E-state index contributed by atoms with van der Waals surface area (Å²) in [6.07, 6.45) is 9.36. The molecular weight excluding hydrogens is 660 g/mol. The van der Waals surface area contributed by atoms with E-state index in [-0.39, 0.29) is 11.0 Å². The highest BCUT2D eigenvalue weighted by atomic mass is 79.9. The summed E-state index contributed by atoms with van der Waals surface area (Å²) in [5, 5.41) is 2.34. The molecular formula is C34H30Br2N2O4. The first-order valence-corrected chi connectivity index (χ1v) is 16.0. The third-order valence-corrected chi connectivity index (χ3v) is 10.6. The van der Waals surface area contributed by atoms with E-state index in [9.17, 15) is 14.4 Å². The molecule has 4 bridgehead atoms. The van der Waals surface area contributed by atoms with Gasteiger partial charge in [-0.05, 0) is 137 Å². The molecule has 0 spiro atoms. The summed E-state index contributed by atoms with van der Waals surface area (Å²) in [4.78, 5) is 40.2. The fourth-order valence-electron chi connectivity index (χ4n) is 7.95. The molecule has 1 saturated heterocycles. The molecule has 1 aliphatic heterocycles. The normalized spacial score (nSPS) is 27.5. The maximum absolute atomic E-state index is 13.5. The number of rotatable bonds is 6. The van der Waals surface area contributed by atoms with Crippen molar-refractivity contribution in [1.82, 2.24) is 5.32 Å². The number of urea groups is 1. The molecule has 1 heterocycles. The lowest BCUT2D eigenvalue weighted by Crippen LogP contribution is -2.54. The van der Waals surface area contributed by atoms with Crippen LogP contribution in [0.25, 0.3) is 6.08 Å². The van der Waals surface area contributed by atoms with Gasteiger partial charge in [-0.25, -0.2) is 9.69 Å². The zero-order valence-corrected chi connectivity index (χ0v) is 26.1. The highest BCUT2D eigenvalue weighted by Gasteiger charge is 2.51. The summed E-state index contributed by atoms with van der Waals surface area (Å²) in [5.41, 5.74) is 3.55. The van der Waals surface area contributed by atoms with Gasteiger partial charge in [-0.15, -0.1) is 0 Å². The van der Waals surface area contributed by atoms with E-state index < -0.39 is 17.8 Å². The summed E-state index contributed by atoms with van der Waals surface area (Å²) >= 11 is 6.97. The molecule has 1 N–H and O–H groups in total. The largest absolute Gasteiger partial charge is 0.488 e. The van der Waals surface area contributed by atoms with E-state index in [0.29, 0.717) is 28.1 Å². The number of anilines is 1. The van der Waals surface area contributed by atoms with Gasteiger partial charge in [0.2, 0.25) is 0 Å². The third-order valence-electron chi connectivity index (χ3n) is 9.45. The van der Waals surface area contributed by atoms with Gasteiger partial charge in [0.1, 0.15) is 17.9 Å². The van der Waals surface area contributed by atoms with E-state index >= 15 is 0 Å². The van der Waals surface area contributed by atoms with Crippen LogP contribution in [0.5, 0.6) is 5.75 Å². The summed E-state index contributed by atoms with van der Waals surface area (Å²) in [5.74, 6) is 1.77. The maximum Gasteiger partial charge on any atom is 0.335 e. The molecule has 8 rings (SSSR count). The van der Waals surface area contributed by atoms with Crippen molar-refractivity contribution in [2.75, 3.05) is 4.90 Å². The van der Waals surface area contributed by atoms with Crippen molar-refractivity contribution in [3.8, 4) is 5.75 Å². The zero-order chi connectivity index (χ0) is 29.0. The first-order valence-electron chi connectivity index (χ1n) is 14.5. The second-order valence-corrected chi connectivity index (χ2v) is 14.1. The van der Waals surface area contributed by atoms with Crippen LogP contribution in [-0.2, 0) is 21.6 Å². The van der Waals surface area contributed by atoms with Crippen LogP contribution in [0.1, 0.15) is 55.2 Å². The standard InChI is InChI=1S/C34H30Br2N2O4/c35-26-6-1-20(2-7-26)19-42-30-10-3-21(15-29(30)36)14-28-31(39)37-33(41)38(32(28)40)27-8-4-25(5-9-27)34-16-22-11-23(17-34)13-24(12-22)18-34/h1-10,14-15,22-24H,11-13,16-19H2,(H,37,39,41)/b28-14+. The van der Waals surface area contributed by atoms with Crippen molar-refractivity contribution in [2.24, 2.45) is 17.8 Å². The first kappa shape index (κ1) is 27.6. The number of hydrogen-bond acceptors (Lipinski definition) is 4. The minimum atomic E-state index is -0.734. The molecule has 0 unspecified atom stereocenters. The van der Waals surface area contributed by atoms with Gasteiger partial charge in [-0.1, -0.05) is 46.3 Å². The van der Waals surface area contributed by atoms with Crippen molar-refractivity contribution in [3.05, 3.63) is 97.9 Å². The molecule has 4 saturated carbocycles. The summed E-state index contributed by atoms with van der Waals surface area (Å²) in [6.45, 7) is 0.395. The van der Waals surface area contributed by atoms with Crippen molar-refractivity contribution >= 4 is 61.5 Å². The summed E-state index contributed by atoms with van der Waals surface area (Å²) in [6, 6.07) is 20.4. The van der Waals surface area contributed by atoms with Gasteiger partial charge >= 0.3 is 6.03 Å². The molecule has 5 fully saturated rings. The number of barbiturate groups is 1. The number of benzene rings is 3. The van der Waals surface area contributed by atoms with Gasteiger partial charge in [-0.2, -0.15) is 0 Å². The average molecular weight is 690 g/mol. The summed E-state index contributed by atoms with van der Waals surface area (Å²) in [7, 11) is 0. The quantitative estimate of drug-likeness (QED) is 0.211. The number of nitrogens with zero attached hydrogens (tertiary/aromatic N) is 1. The topological polar surface area (TPSA) is 75.7 Å². The van der Waals surface area contributed by atoms with E-state index in [1.54, 1.807) is 18.2 Å². The Kier molecular flexibility index (Phi) is 7.09. The van der Waals surface area contributed by atoms with Crippen molar-refractivity contribution in [3.63, 3.8) is 0 Å². The molecule has 0 atom stereocenters. The van der Waals surface area contributed by atoms with Crippen LogP contribution < -0.4 is 15.0 Å². The van der Waals surface area contributed by atoms with Gasteiger partial charge < -0.3 is 4.74 Å². The Hall–Kier alpha value is -3.23. The molecule has 0 radical (unpaired) electrons. The molecule has 0 aromatic heterocycles. The smallest absolute Gasteiger partial charge is 0.335 e. The lowest BCUT2D eigenvalue weighted by Gasteiger charge is -2.57. The van der Waals surface area contributed by atoms with Crippen LogP contribution in [-0.4, -0.2) is 17.8 Å². The Bertz CT molecular complexity index is 1580. The number of carbonyl (C=O) groups is 3. The Balaban J connectivity index is 1.09. The van der Waals surface area contributed by atoms with E-state index in [2.05, 4.69) is 49.3 Å². The number of imide groups is 2. The average Bonchev–Trinajstić information content (AvgIpc) is 2.95. The van der Waals surface area contributed by atoms with Gasteiger partial charge in [0, 0.05) is 4.47 Å². The minimum absolute atomic E-state index is 0.102. The Labute approximate surface area is 261 Å². The fraction of sp³-hybridized carbons (Fsp3) is 0.324. The number of carbonyl (C=O) groups excluding carboxylic acids is 3.